The first-order valence-corrected chi connectivity index (χ1v) is 5.61. The van der Waals surface area contributed by atoms with E-state index in [0.29, 0.717) is 17.2 Å². The number of alkyl halides is 1. The molecule has 3 nitrogen and oxygen atoms in total. The van der Waals surface area contributed by atoms with Crippen LogP contribution < -0.4 is 4.90 Å². The Morgan fingerprint density at radius 2 is 2.06 bits per heavy atom. The van der Waals surface area contributed by atoms with Gasteiger partial charge in [-0.25, -0.2) is 9.37 Å². The smallest absolute Gasteiger partial charge is 0.151 e. The molecule has 0 aliphatic heterocycles. The standard InChI is InChI=1S/C12H11ClFN3/c1-17(11-5-3-2-4-10(11)14)12-8-15-7-9(6-13)16-12/h2-5,7-8H,6H2,1H3. The minimum absolute atomic E-state index is 0.284. The van der Waals surface area contributed by atoms with Gasteiger partial charge >= 0.3 is 0 Å². The van der Waals surface area contributed by atoms with Crippen LogP contribution in [0.5, 0.6) is 0 Å². The van der Waals surface area contributed by atoms with Gasteiger partial charge < -0.3 is 4.90 Å². The molecule has 0 N–H and O–H groups in total. The molecule has 1 heterocycles. The molecule has 0 amide bonds. The molecule has 17 heavy (non-hydrogen) atoms. The Morgan fingerprint density at radius 1 is 1.29 bits per heavy atom. The second-order valence-corrected chi connectivity index (χ2v) is 3.78. The second-order valence-electron chi connectivity index (χ2n) is 3.51. The number of hydrogen-bond donors (Lipinski definition) is 0. The molecule has 0 radical (unpaired) electrons. The Labute approximate surface area is 104 Å². The van der Waals surface area contributed by atoms with E-state index in [1.54, 1.807) is 42.5 Å². The normalized spacial score (nSPS) is 10.3. The fourth-order valence-electron chi connectivity index (χ4n) is 1.47. The van der Waals surface area contributed by atoms with Gasteiger partial charge in [-0.3, -0.25) is 4.98 Å². The van der Waals surface area contributed by atoms with E-state index < -0.39 is 0 Å². The molecule has 88 valence electrons. The summed E-state index contributed by atoms with van der Waals surface area (Å²) in [6.45, 7) is 0. The number of benzene rings is 1. The molecule has 5 heteroatoms. The third-order valence-corrected chi connectivity index (χ3v) is 2.64. The highest BCUT2D eigenvalue weighted by atomic mass is 35.5. The number of rotatable bonds is 3. The Bertz CT molecular complexity index is 519. The van der Waals surface area contributed by atoms with Gasteiger partial charge in [0.1, 0.15) is 5.82 Å². The van der Waals surface area contributed by atoms with E-state index in [2.05, 4.69) is 9.97 Å². The third-order valence-electron chi connectivity index (χ3n) is 2.37. The first-order chi connectivity index (χ1) is 8.22. The summed E-state index contributed by atoms with van der Waals surface area (Å²) in [7, 11) is 1.74. The highest BCUT2D eigenvalue weighted by Gasteiger charge is 2.10. The van der Waals surface area contributed by atoms with Crippen molar-refractivity contribution in [3.05, 3.63) is 48.2 Å². The Hall–Kier alpha value is -1.68. The predicted octanol–water partition coefficient (Wildman–Crippen LogP) is 3.12. The highest BCUT2D eigenvalue weighted by molar-refractivity contribution is 6.16. The lowest BCUT2D eigenvalue weighted by Gasteiger charge is -2.18. The van der Waals surface area contributed by atoms with Gasteiger partial charge in [-0.2, -0.15) is 0 Å². The Morgan fingerprint density at radius 3 is 2.76 bits per heavy atom. The van der Waals surface area contributed by atoms with Crippen LogP contribution in [0.2, 0.25) is 0 Å². The summed E-state index contributed by atoms with van der Waals surface area (Å²) in [4.78, 5) is 9.93. The topological polar surface area (TPSA) is 29.0 Å². The maximum Gasteiger partial charge on any atom is 0.151 e. The van der Waals surface area contributed by atoms with Crippen LogP contribution in [0.15, 0.2) is 36.7 Å². The zero-order chi connectivity index (χ0) is 12.3. The largest absolute Gasteiger partial charge is 0.326 e. The summed E-state index contributed by atoms with van der Waals surface area (Å²) in [6.07, 6.45) is 3.16. The summed E-state index contributed by atoms with van der Waals surface area (Å²) in [5.41, 5.74) is 1.11. The zero-order valence-electron chi connectivity index (χ0n) is 9.27. The fraction of sp³-hybridized carbons (Fsp3) is 0.167. The van der Waals surface area contributed by atoms with Crippen molar-refractivity contribution < 1.29 is 4.39 Å². The van der Waals surface area contributed by atoms with Gasteiger partial charge in [-0.05, 0) is 12.1 Å². The van der Waals surface area contributed by atoms with Gasteiger partial charge in [0.25, 0.3) is 0 Å². The van der Waals surface area contributed by atoms with E-state index in [1.165, 1.54) is 6.07 Å². The Balaban J connectivity index is 2.37. The lowest BCUT2D eigenvalue weighted by atomic mass is 10.3. The summed E-state index contributed by atoms with van der Waals surface area (Å²) >= 11 is 5.69. The van der Waals surface area contributed by atoms with Crippen molar-refractivity contribution in [2.75, 3.05) is 11.9 Å². The van der Waals surface area contributed by atoms with Crippen molar-refractivity contribution in [3.63, 3.8) is 0 Å². The Kier molecular flexibility index (Phi) is 3.54. The molecule has 0 aliphatic rings. The first-order valence-electron chi connectivity index (χ1n) is 5.07. The van der Waals surface area contributed by atoms with Gasteiger partial charge in [0.15, 0.2) is 5.82 Å². The number of anilines is 2. The monoisotopic (exact) mass is 251 g/mol. The van der Waals surface area contributed by atoms with Crippen LogP contribution in [0, 0.1) is 5.82 Å². The van der Waals surface area contributed by atoms with Crippen LogP contribution in [-0.2, 0) is 5.88 Å². The molecule has 0 atom stereocenters. The molecule has 0 saturated heterocycles. The highest BCUT2D eigenvalue weighted by Crippen LogP contribution is 2.23. The van der Waals surface area contributed by atoms with Crippen LogP contribution in [-0.4, -0.2) is 17.0 Å². The van der Waals surface area contributed by atoms with Crippen molar-refractivity contribution in [1.82, 2.24) is 9.97 Å². The van der Waals surface area contributed by atoms with Gasteiger partial charge in [-0.15, -0.1) is 11.6 Å². The van der Waals surface area contributed by atoms with Crippen LogP contribution in [0.3, 0.4) is 0 Å². The molecule has 2 aromatic rings. The third kappa shape index (κ3) is 2.53. The first kappa shape index (κ1) is 11.8. The number of aromatic nitrogens is 2. The molecule has 0 unspecified atom stereocenters. The van der Waals surface area contributed by atoms with Crippen LogP contribution in [0.1, 0.15) is 5.69 Å². The zero-order valence-corrected chi connectivity index (χ0v) is 10.0. The van der Waals surface area contributed by atoms with E-state index in [0.717, 1.165) is 0 Å². The summed E-state index contributed by atoms with van der Waals surface area (Å²) in [5, 5.41) is 0. The van der Waals surface area contributed by atoms with Gasteiger partial charge in [-0.1, -0.05) is 12.1 Å². The molecule has 0 aliphatic carbocycles. The fourth-order valence-corrected chi connectivity index (χ4v) is 1.60. The van der Waals surface area contributed by atoms with Crippen LogP contribution in [0.4, 0.5) is 15.9 Å². The molecular formula is C12H11ClFN3. The maximum absolute atomic E-state index is 13.6. The average Bonchev–Trinajstić information content (AvgIpc) is 2.38. The van der Waals surface area contributed by atoms with E-state index in [9.17, 15) is 4.39 Å². The molecule has 1 aromatic heterocycles. The minimum atomic E-state index is -0.298. The molecule has 2 rings (SSSR count). The second kappa shape index (κ2) is 5.10. The van der Waals surface area contributed by atoms with E-state index in [4.69, 9.17) is 11.6 Å². The molecule has 0 spiro atoms. The molecule has 0 saturated carbocycles. The molecule has 0 fully saturated rings. The van der Waals surface area contributed by atoms with Crippen LogP contribution in [0.25, 0.3) is 0 Å². The van der Waals surface area contributed by atoms with Crippen molar-refractivity contribution >= 4 is 23.1 Å². The van der Waals surface area contributed by atoms with Crippen molar-refractivity contribution in [1.29, 1.82) is 0 Å². The van der Waals surface area contributed by atoms with Crippen LogP contribution >= 0.6 is 11.6 Å². The number of halogens is 2. The van der Waals surface area contributed by atoms with Crippen molar-refractivity contribution in [2.24, 2.45) is 0 Å². The lowest BCUT2D eigenvalue weighted by Crippen LogP contribution is -2.13. The minimum Gasteiger partial charge on any atom is -0.326 e. The number of para-hydroxylation sites is 1. The summed E-state index contributed by atoms with van der Waals surface area (Å²) in [5.74, 6) is 0.549. The quantitative estimate of drug-likeness (QED) is 0.785. The predicted molar refractivity (Wildman–Crippen MR) is 66.1 cm³/mol. The summed E-state index contributed by atoms with van der Waals surface area (Å²) in [6, 6.07) is 6.51. The molecular weight excluding hydrogens is 241 g/mol. The molecule has 1 aromatic carbocycles. The van der Waals surface area contributed by atoms with Gasteiger partial charge in [0, 0.05) is 13.2 Å². The number of hydrogen-bond acceptors (Lipinski definition) is 3. The van der Waals surface area contributed by atoms with Gasteiger partial charge in [0.05, 0.1) is 23.5 Å². The number of nitrogens with zero attached hydrogens (tertiary/aromatic N) is 3. The summed E-state index contributed by atoms with van der Waals surface area (Å²) < 4.78 is 13.6. The van der Waals surface area contributed by atoms with E-state index >= 15 is 0 Å². The lowest BCUT2D eigenvalue weighted by molar-refractivity contribution is 0.627. The van der Waals surface area contributed by atoms with E-state index in [-0.39, 0.29) is 11.7 Å². The average molecular weight is 252 g/mol. The van der Waals surface area contributed by atoms with Gasteiger partial charge in [0.2, 0.25) is 0 Å². The van der Waals surface area contributed by atoms with E-state index in [1.807, 2.05) is 0 Å². The van der Waals surface area contributed by atoms with Crippen molar-refractivity contribution in [3.8, 4) is 0 Å². The SMILES string of the molecule is CN(c1cncc(CCl)n1)c1ccccc1F. The van der Waals surface area contributed by atoms with Crippen molar-refractivity contribution in [2.45, 2.75) is 5.88 Å². The molecule has 0 bridgehead atoms. The maximum atomic E-state index is 13.6.